The van der Waals surface area contributed by atoms with E-state index in [1.54, 1.807) is 6.07 Å². The number of benzene rings is 2. The van der Waals surface area contributed by atoms with Crippen LogP contribution < -0.4 is 10.6 Å². The Balaban J connectivity index is 1.14. The lowest BCUT2D eigenvalue weighted by molar-refractivity contribution is -0.136. The summed E-state index contributed by atoms with van der Waals surface area (Å²) in [6.45, 7) is 0.342. The number of hydrogen-bond donors (Lipinski definition) is 3. The summed E-state index contributed by atoms with van der Waals surface area (Å²) in [5.74, 6) is -1.38. The van der Waals surface area contributed by atoms with Crippen LogP contribution in [0.25, 0.3) is 11.1 Å². The number of carbonyl (C=O) groups excluding carboxylic acids is 2. The molecule has 0 atom stereocenters. The molecule has 2 aromatic carbocycles. The second-order valence-electron chi connectivity index (χ2n) is 7.96. The first-order valence-corrected chi connectivity index (χ1v) is 11.1. The minimum atomic E-state index is -0.977. The van der Waals surface area contributed by atoms with Crippen molar-refractivity contribution in [2.75, 3.05) is 31.7 Å². The number of alkyl carbamates (subject to hydrolysis) is 1. The number of carbonyl (C=O) groups is 3. The van der Waals surface area contributed by atoms with Crippen molar-refractivity contribution in [2.45, 2.75) is 12.3 Å². The van der Waals surface area contributed by atoms with Crippen LogP contribution in [-0.4, -0.2) is 54.4 Å². The van der Waals surface area contributed by atoms with Crippen molar-refractivity contribution in [2.24, 2.45) is 0 Å². The second-order valence-corrected chi connectivity index (χ2v) is 7.96. The third-order valence-electron chi connectivity index (χ3n) is 5.53. The normalized spacial score (nSPS) is 11.9. The van der Waals surface area contributed by atoms with E-state index in [1.165, 1.54) is 12.3 Å². The highest BCUT2D eigenvalue weighted by atomic mass is 16.5. The number of aromatic nitrogens is 1. The Morgan fingerprint density at radius 2 is 1.63 bits per heavy atom. The Morgan fingerprint density at radius 3 is 2.26 bits per heavy atom. The van der Waals surface area contributed by atoms with Crippen molar-refractivity contribution in [1.29, 1.82) is 0 Å². The number of fused-ring (bicyclic) bond motifs is 3. The van der Waals surface area contributed by atoms with Gasteiger partial charge in [-0.1, -0.05) is 48.5 Å². The summed E-state index contributed by atoms with van der Waals surface area (Å²) in [7, 11) is 0. The summed E-state index contributed by atoms with van der Waals surface area (Å²) < 4.78 is 10.7. The highest BCUT2D eigenvalue weighted by Crippen LogP contribution is 2.44. The smallest absolute Gasteiger partial charge is 0.407 e. The summed E-state index contributed by atoms with van der Waals surface area (Å²) >= 11 is 0. The van der Waals surface area contributed by atoms with Crippen LogP contribution in [0, 0.1) is 0 Å². The molecule has 1 aromatic heterocycles. The van der Waals surface area contributed by atoms with Crippen LogP contribution in [0.1, 0.15) is 22.7 Å². The molecule has 1 aliphatic rings. The highest BCUT2D eigenvalue weighted by molar-refractivity contribution is 5.91. The van der Waals surface area contributed by atoms with Crippen LogP contribution in [0.2, 0.25) is 0 Å². The zero-order valence-electron chi connectivity index (χ0n) is 18.9. The number of carboxylic acids is 1. The van der Waals surface area contributed by atoms with E-state index in [0.717, 1.165) is 22.3 Å². The Bertz CT molecular complexity index is 1170. The van der Waals surface area contributed by atoms with Crippen molar-refractivity contribution >= 4 is 23.7 Å². The molecule has 1 heterocycles. The van der Waals surface area contributed by atoms with E-state index in [0.29, 0.717) is 11.4 Å². The molecule has 0 fully saturated rings. The van der Waals surface area contributed by atoms with Gasteiger partial charge in [-0.3, -0.25) is 14.6 Å². The van der Waals surface area contributed by atoms with Gasteiger partial charge < -0.3 is 25.2 Å². The van der Waals surface area contributed by atoms with Gasteiger partial charge in [-0.05, 0) is 34.4 Å². The number of ether oxygens (including phenoxy) is 2. The van der Waals surface area contributed by atoms with Crippen molar-refractivity contribution in [3.8, 4) is 11.1 Å². The maximum Gasteiger partial charge on any atom is 0.407 e. The lowest BCUT2D eigenvalue weighted by Gasteiger charge is -2.14. The molecule has 9 heteroatoms. The summed E-state index contributed by atoms with van der Waals surface area (Å²) in [5, 5.41) is 14.0. The van der Waals surface area contributed by atoms with Gasteiger partial charge in [-0.15, -0.1) is 0 Å². The predicted octanol–water partition coefficient (Wildman–Crippen LogP) is 3.20. The molecular weight excluding hydrogens is 450 g/mol. The molecule has 3 N–H and O–H groups in total. The molecular formula is C26H25N3O6. The Hall–Kier alpha value is -4.24. The number of rotatable bonds is 10. The van der Waals surface area contributed by atoms with Crippen LogP contribution in [0.15, 0.2) is 66.9 Å². The van der Waals surface area contributed by atoms with Crippen LogP contribution in [0.3, 0.4) is 0 Å². The maximum atomic E-state index is 12.1. The fraction of sp³-hybridized carbons (Fsp3) is 0.231. The molecule has 0 aliphatic heterocycles. The number of anilines is 1. The molecule has 0 bridgehead atoms. The number of hydrogen-bond acceptors (Lipinski definition) is 6. The van der Waals surface area contributed by atoms with Crippen LogP contribution in [0.5, 0.6) is 0 Å². The van der Waals surface area contributed by atoms with Gasteiger partial charge in [0.05, 0.1) is 30.6 Å². The average Bonchev–Trinajstić information content (AvgIpc) is 3.17. The van der Waals surface area contributed by atoms with Crippen molar-refractivity contribution in [3.63, 3.8) is 0 Å². The van der Waals surface area contributed by atoms with Crippen molar-refractivity contribution in [3.05, 3.63) is 83.7 Å². The Labute approximate surface area is 202 Å². The number of pyridine rings is 1. The van der Waals surface area contributed by atoms with Crippen molar-refractivity contribution in [1.82, 2.24) is 10.3 Å². The van der Waals surface area contributed by atoms with E-state index in [1.807, 2.05) is 24.3 Å². The zero-order chi connectivity index (χ0) is 24.6. The Kier molecular flexibility index (Phi) is 7.69. The van der Waals surface area contributed by atoms with E-state index >= 15 is 0 Å². The number of amides is 2. The minimum Gasteiger partial charge on any atom is -0.481 e. The van der Waals surface area contributed by atoms with E-state index in [4.69, 9.17) is 14.6 Å². The molecule has 0 spiro atoms. The number of nitrogens with one attached hydrogen (secondary N) is 2. The van der Waals surface area contributed by atoms with Crippen LogP contribution in [0.4, 0.5) is 10.5 Å². The molecule has 0 radical (unpaired) electrons. The quantitative estimate of drug-likeness (QED) is 0.384. The molecule has 180 valence electrons. The molecule has 4 rings (SSSR count). The summed E-state index contributed by atoms with van der Waals surface area (Å²) in [6.07, 6.45) is 0.649. The van der Waals surface area contributed by atoms with Crippen LogP contribution >= 0.6 is 0 Å². The number of carboxylic acid groups (broad SMARTS) is 1. The van der Waals surface area contributed by atoms with Gasteiger partial charge >= 0.3 is 12.1 Å². The van der Waals surface area contributed by atoms with E-state index in [-0.39, 0.29) is 44.6 Å². The van der Waals surface area contributed by atoms with Crippen molar-refractivity contribution < 1.29 is 29.0 Å². The van der Waals surface area contributed by atoms with Gasteiger partial charge in [-0.2, -0.15) is 0 Å². The molecule has 0 saturated carbocycles. The fourth-order valence-electron chi connectivity index (χ4n) is 3.99. The molecule has 2 amide bonds. The lowest BCUT2D eigenvalue weighted by Crippen LogP contribution is -2.30. The molecule has 9 nitrogen and oxygen atoms in total. The van der Waals surface area contributed by atoms with Gasteiger partial charge in [0.1, 0.15) is 13.2 Å². The Morgan fingerprint density at radius 1 is 0.943 bits per heavy atom. The highest BCUT2D eigenvalue weighted by Gasteiger charge is 2.28. The third-order valence-corrected chi connectivity index (χ3v) is 5.53. The number of aliphatic carboxylic acids is 1. The maximum absolute atomic E-state index is 12.1. The second kappa shape index (κ2) is 11.3. The van der Waals surface area contributed by atoms with E-state index < -0.39 is 12.1 Å². The summed E-state index contributed by atoms with van der Waals surface area (Å²) in [5.41, 5.74) is 5.44. The molecule has 3 aromatic rings. The molecule has 1 aliphatic carbocycles. The predicted molar refractivity (Wildman–Crippen MR) is 128 cm³/mol. The van der Waals surface area contributed by atoms with Gasteiger partial charge in [0.15, 0.2) is 0 Å². The molecule has 0 unspecified atom stereocenters. The summed E-state index contributed by atoms with van der Waals surface area (Å²) in [4.78, 5) is 38.7. The SMILES string of the molecule is O=C(O)Cc1ccc(NC(=O)COCCNC(=O)OCC2c3ccccc3-c3ccccc32)cn1. The van der Waals surface area contributed by atoms with Crippen LogP contribution in [-0.2, 0) is 25.5 Å². The van der Waals surface area contributed by atoms with Gasteiger partial charge in [0, 0.05) is 12.5 Å². The first-order chi connectivity index (χ1) is 17.0. The monoisotopic (exact) mass is 475 g/mol. The van der Waals surface area contributed by atoms with Gasteiger partial charge in [0.25, 0.3) is 0 Å². The standard InChI is InChI=1S/C26H25N3O6/c30-24(29-18-10-9-17(28-14-18)13-25(31)32)16-34-12-11-27-26(33)35-15-23-21-7-3-1-5-19(21)20-6-2-4-8-22(20)23/h1-10,14,23H,11-13,15-16H2,(H,27,33)(H,29,30)(H,31,32). The van der Waals surface area contributed by atoms with E-state index in [9.17, 15) is 14.4 Å². The largest absolute Gasteiger partial charge is 0.481 e. The fourth-order valence-corrected chi connectivity index (χ4v) is 3.99. The first kappa shape index (κ1) is 23.9. The first-order valence-electron chi connectivity index (χ1n) is 11.1. The van der Waals surface area contributed by atoms with E-state index in [2.05, 4.69) is 39.9 Å². The molecule has 35 heavy (non-hydrogen) atoms. The lowest BCUT2D eigenvalue weighted by atomic mass is 9.98. The summed E-state index contributed by atoms with van der Waals surface area (Å²) in [6, 6.07) is 19.3. The topological polar surface area (TPSA) is 127 Å². The minimum absolute atomic E-state index is 0.0132. The number of nitrogens with zero attached hydrogens (tertiary/aromatic N) is 1. The third kappa shape index (κ3) is 6.21. The molecule has 0 saturated heterocycles. The average molecular weight is 476 g/mol. The zero-order valence-corrected chi connectivity index (χ0v) is 18.9. The van der Waals surface area contributed by atoms with Gasteiger partial charge in [-0.25, -0.2) is 4.79 Å². The van der Waals surface area contributed by atoms with Gasteiger partial charge in [0.2, 0.25) is 5.91 Å².